The van der Waals surface area contributed by atoms with Gasteiger partial charge in [0.15, 0.2) is 17.0 Å². The van der Waals surface area contributed by atoms with Gasteiger partial charge in [0.2, 0.25) is 0 Å². The first-order valence-corrected chi connectivity index (χ1v) is 9.68. The molecular weight excluding hydrogens is 467 g/mol. The number of nitriles is 1. The van der Waals surface area contributed by atoms with Crippen LogP contribution in [0, 0.1) is 11.3 Å². The summed E-state index contributed by atoms with van der Waals surface area (Å²) in [6.07, 6.45) is -0.180. The Balaban J connectivity index is 1.86. The van der Waals surface area contributed by atoms with Crippen molar-refractivity contribution >= 4 is 40.8 Å². The van der Waals surface area contributed by atoms with Gasteiger partial charge in [-0.05, 0) is 12.1 Å². The minimum absolute atomic E-state index is 0.0385. The number of thioether (sulfide) groups is 1. The molecule has 3 aromatic rings. The minimum Gasteiger partial charge on any atom is -0.362 e. The Morgan fingerprint density at radius 1 is 1.23 bits per heavy atom. The Kier molecular flexibility index (Phi) is 6.70. The third-order valence-corrected chi connectivity index (χ3v) is 5.44. The van der Waals surface area contributed by atoms with Gasteiger partial charge in [-0.1, -0.05) is 35.0 Å². The molecule has 0 bridgehead atoms. The van der Waals surface area contributed by atoms with Crippen LogP contribution in [0.2, 0.25) is 10.0 Å². The summed E-state index contributed by atoms with van der Waals surface area (Å²) in [5.41, 5.74) is -2.86. The molecule has 0 radical (unpaired) electrons. The number of halogens is 6. The quantitative estimate of drug-likeness (QED) is 0.346. The fourth-order valence-corrected chi connectivity index (χ4v) is 4.19. The molecule has 13 heteroatoms. The van der Waals surface area contributed by atoms with Crippen molar-refractivity contribution in [3.63, 3.8) is 0 Å². The number of aromatic nitrogens is 4. The smallest absolute Gasteiger partial charge is 0.362 e. The summed E-state index contributed by atoms with van der Waals surface area (Å²) in [6, 6.07) is 3.04. The first-order valence-electron chi connectivity index (χ1n) is 8.04. The van der Waals surface area contributed by atoms with Gasteiger partial charge < -0.3 is 5.32 Å². The molecule has 156 valence electrons. The van der Waals surface area contributed by atoms with Crippen LogP contribution in [0.1, 0.15) is 28.0 Å². The fourth-order valence-electron chi connectivity index (χ4n) is 2.36. The summed E-state index contributed by atoms with van der Waals surface area (Å²) in [6.45, 7) is 0.190. The maximum atomic E-state index is 15.0. The van der Waals surface area contributed by atoms with Crippen molar-refractivity contribution in [1.82, 2.24) is 20.2 Å². The van der Waals surface area contributed by atoms with Gasteiger partial charge in [0, 0.05) is 28.0 Å². The van der Waals surface area contributed by atoms with E-state index in [0.717, 1.165) is 0 Å². The van der Waals surface area contributed by atoms with Gasteiger partial charge in [-0.15, -0.1) is 0 Å². The summed E-state index contributed by atoms with van der Waals surface area (Å²) in [7, 11) is 0. The average molecular weight is 477 g/mol. The first-order chi connectivity index (χ1) is 14.2. The maximum absolute atomic E-state index is 15.0. The standard InChI is InChI=1S/C17H10Cl2F4N6S/c18-10-3-8(17(21,22)23)4-11(19)13(10)15(20)30-14-12(5-24)28-29-16(14)27-7-9-6-25-1-2-26-9/h1-4,6,15H,7H2,(H2,27,28,29). The van der Waals surface area contributed by atoms with E-state index in [1.165, 1.54) is 18.6 Å². The lowest BCUT2D eigenvalue weighted by atomic mass is 10.1. The molecule has 0 aliphatic rings. The first kappa shape index (κ1) is 22.1. The second-order valence-electron chi connectivity index (χ2n) is 5.72. The fraction of sp³-hybridized carbons (Fsp3) is 0.176. The van der Waals surface area contributed by atoms with Crippen molar-refractivity contribution in [2.24, 2.45) is 0 Å². The van der Waals surface area contributed by atoms with Crippen molar-refractivity contribution < 1.29 is 17.6 Å². The highest BCUT2D eigenvalue weighted by Gasteiger charge is 2.33. The van der Waals surface area contributed by atoms with E-state index in [0.29, 0.717) is 29.6 Å². The molecule has 6 nitrogen and oxygen atoms in total. The van der Waals surface area contributed by atoms with Crippen LogP contribution in [0.5, 0.6) is 0 Å². The largest absolute Gasteiger partial charge is 0.416 e. The second kappa shape index (κ2) is 9.07. The number of hydrogen-bond acceptors (Lipinski definition) is 6. The molecule has 0 amide bonds. The van der Waals surface area contributed by atoms with Crippen LogP contribution < -0.4 is 5.32 Å². The van der Waals surface area contributed by atoms with E-state index in [2.05, 4.69) is 25.5 Å². The molecular formula is C17H10Cl2F4N6S. The monoisotopic (exact) mass is 476 g/mol. The molecule has 1 aromatic carbocycles. The Morgan fingerprint density at radius 2 is 1.93 bits per heavy atom. The number of hydrogen-bond donors (Lipinski definition) is 2. The number of anilines is 1. The highest BCUT2D eigenvalue weighted by Crippen LogP contribution is 2.47. The van der Waals surface area contributed by atoms with Crippen LogP contribution in [-0.2, 0) is 12.7 Å². The molecule has 0 aliphatic carbocycles. The molecule has 2 heterocycles. The SMILES string of the molecule is N#Cc1[nH]nc(NCc2cnccn2)c1SC(F)c1c(Cl)cc(C(F)(F)F)cc1Cl. The van der Waals surface area contributed by atoms with Gasteiger partial charge in [-0.2, -0.15) is 23.5 Å². The molecule has 2 N–H and O–H groups in total. The summed E-state index contributed by atoms with van der Waals surface area (Å²) in [4.78, 5) is 8.10. The molecule has 30 heavy (non-hydrogen) atoms. The third-order valence-electron chi connectivity index (χ3n) is 3.74. The molecule has 0 saturated carbocycles. The Bertz CT molecular complexity index is 1060. The number of aromatic amines is 1. The van der Waals surface area contributed by atoms with Crippen LogP contribution in [0.3, 0.4) is 0 Å². The van der Waals surface area contributed by atoms with Gasteiger partial charge in [0.1, 0.15) is 6.07 Å². The zero-order valence-corrected chi connectivity index (χ0v) is 17.0. The van der Waals surface area contributed by atoms with Crippen LogP contribution in [0.15, 0.2) is 35.6 Å². The molecule has 0 spiro atoms. The number of H-pyrrole nitrogens is 1. The van der Waals surface area contributed by atoms with Gasteiger partial charge >= 0.3 is 6.18 Å². The van der Waals surface area contributed by atoms with E-state index in [-0.39, 0.29) is 28.5 Å². The lowest BCUT2D eigenvalue weighted by Gasteiger charge is -2.15. The lowest BCUT2D eigenvalue weighted by molar-refractivity contribution is -0.137. The third kappa shape index (κ3) is 4.95. The molecule has 0 aliphatic heterocycles. The molecule has 1 atom stereocenters. The number of alkyl halides is 4. The normalized spacial score (nSPS) is 12.4. The molecule has 2 aromatic heterocycles. The van der Waals surface area contributed by atoms with Crippen molar-refractivity contribution in [1.29, 1.82) is 5.26 Å². The number of benzene rings is 1. The zero-order valence-electron chi connectivity index (χ0n) is 14.6. The molecule has 3 rings (SSSR count). The molecule has 1 unspecified atom stereocenters. The van der Waals surface area contributed by atoms with Gasteiger partial charge in [-0.25, -0.2) is 4.39 Å². The second-order valence-corrected chi connectivity index (χ2v) is 7.60. The summed E-state index contributed by atoms with van der Waals surface area (Å²) >= 11 is 12.3. The van der Waals surface area contributed by atoms with E-state index in [4.69, 9.17) is 23.2 Å². The lowest BCUT2D eigenvalue weighted by Crippen LogP contribution is -2.06. The van der Waals surface area contributed by atoms with E-state index in [1.54, 1.807) is 0 Å². The van der Waals surface area contributed by atoms with Gasteiger partial charge in [0.05, 0.1) is 28.9 Å². The van der Waals surface area contributed by atoms with Gasteiger partial charge in [-0.3, -0.25) is 15.1 Å². The maximum Gasteiger partial charge on any atom is 0.416 e. The van der Waals surface area contributed by atoms with Crippen molar-refractivity contribution in [2.75, 3.05) is 5.32 Å². The Morgan fingerprint density at radius 3 is 2.50 bits per heavy atom. The molecule has 0 fully saturated rings. The van der Waals surface area contributed by atoms with Gasteiger partial charge in [0.25, 0.3) is 0 Å². The zero-order chi connectivity index (χ0) is 21.9. The number of rotatable bonds is 6. The predicted octanol–water partition coefficient (Wildman–Crippen LogP) is 5.77. The van der Waals surface area contributed by atoms with Crippen molar-refractivity contribution in [3.8, 4) is 6.07 Å². The Hall–Kier alpha value is -2.55. The van der Waals surface area contributed by atoms with E-state index in [9.17, 15) is 18.4 Å². The van der Waals surface area contributed by atoms with Crippen molar-refractivity contribution in [2.45, 2.75) is 23.1 Å². The van der Waals surface area contributed by atoms with Crippen molar-refractivity contribution in [3.05, 3.63) is 63.3 Å². The Labute approximate surface area is 181 Å². The molecule has 0 saturated heterocycles. The predicted molar refractivity (Wildman–Crippen MR) is 104 cm³/mol. The van der Waals surface area contributed by atoms with E-state index < -0.39 is 27.3 Å². The van der Waals surface area contributed by atoms with E-state index in [1.807, 2.05) is 6.07 Å². The minimum atomic E-state index is -4.68. The number of nitrogens with zero attached hydrogens (tertiary/aromatic N) is 4. The highest BCUT2D eigenvalue weighted by atomic mass is 35.5. The topological polar surface area (TPSA) is 90.3 Å². The van der Waals surface area contributed by atoms with E-state index >= 15 is 4.39 Å². The van der Waals surface area contributed by atoms with Crippen LogP contribution in [0.25, 0.3) is 0 Å². The van der Waals surface area contributed by atoms with Crippen LogP contribution in [-0.4, -0.2) is 20.2 Å². The highest BCUT2D eigenvalue weighted by molar-refractivity contribution is 7.99. The van der Waals surface area contributed by atoms with Crippen LogP contribution in [0.4, 0.5) is 23.4 Å². The summed E-state index contributed by atoms with van der Waals surface area (Å²) in [5, 5.41) is 17.6. The number of nitrogens with one attached hydrogen (secondary N) is 2. The van der Waals surface area contributed by atoms with Crippen LogP contribution >= 0.6 is 35.0 Å². The average Bonchev–Trinajstić information content (AvgIpc) is 3.07. The summed E-state index contributed by atoms with van der Waals surface area (Å²) < 4.78 is 53.7. The summed E-state index contributed by atoms with van der Waals surface area (Å²) in [5.74, 6) is 0.156.